The number of benzene rings is 3. The van der Waals surface area contributed by atoms with Crippen molar-refractivity contribution in [1.29, 1.82) is 0 Å². The standard InChI is InChI=1S/C30H29FN4O2/c1-2-26-28(33-29(36)20-8-9-20)25(16-19-6-4-3-5-7-19)30(37)34(26)24-14-15-27-21(17-24)18-32-35(27)23-12-10-22(31)11-13-23/h3-7,10-15,17-18,20,25-26,28H,2,8-9,16H2,1H3,(H,33,36)/t25?,26?,28-/m0/s1. The van der Waals surface area contributed by atoms with Crippen LogP contribution in [0.15, 0.2) is 79.0 Å². The lowest BCUT2D eigenvalue weighted by molar-refractivity contribution is -0.124. The molecule has 1 aliphatic carbocycles. The highest BCUT2D eigenvalue weighted by Crippen LogP contribution is 2.37. The monoisotopic (exact) mass is 496 g/mol. The van der Waals surface area contributed by atoms with Crippen LogP contribution in [0.1, 0.15) is 31.7 Å². The molecule has 1 aliphatic heterocycles. The third-order valence-corrected chi connectivity index (χ3v) is 7.61. The molecule has 2 aliphatic rings. The first kappa shape index (κ1) is 23.4. The molecule has 6 nitrogen and oxygen atoms in total. The Morgan fingerprint density at radius 1 is 1.03 bits per heavy atom. The van der Waals surface area contributed by atoms with Crippen LogP contribution in [0, 0.1) is 17.7 Å². The summed E-state index contributed by atoms with van der Waals surface area (Å²) in [6.07, 6.45) is 4.90. The Hall–Kier alpha value is -4.00. The van der Waals surface area contributed by atoms with Crippen molar-refractivity contribution in [2.24, 2.45) is 11.8 Å². The van der Waals surface area contributed by atoms with Gasteiger partial charge >= 0.3 is 0 Å². The molecule has 3 atom stereocenters. The van der Waals surface area contributed by atoms with Crippen molar-refractivity contribution in [1.82, 2.24) is 15.1 Å². The highest BCUT2D eigenvalue weighted by atomic mass is 19.1. The van der Waals surface area contributed by atoms with Gasteiger partial charge in [-0.25, -0.2) is 9.07 Å². The van der Waals surface area contributed by atoms with E-state index in [0.29, 0.717) is 6.42 Å². The van der Waals surface area contributed by atoms with Crippen LogP contribution in [0.5, 0.6) is 0 Å². The van der Waals surface area contributed by atoms with Crippen LogP contribution in [-0.4, -0.2) is 33.7 Å². The Balaban J connectivity index is 1.35. The van der Waals surface area contributed by atoms with E-state index >= 15 is 0 Å². The molecule has 7 heteroatoms. The first-order valence-electron chi connectivity index (χ1n) is 12.9. The summed E-state index contributed by atoms with van der Waals surface area (Å²) in [6, 6.07) is 21.7. The number of nitrogens with zero attached hydrogens (tertiary/aromatic N) is 3. The summed E-state index contributed by atoms with van der Waals surface area (Å²) in [7, 11) is 0. The fraction of sp³-hybridized carbons (Fsp3) is 0.300. The van der Waals surface area contributed by atoms with Crippen molar-refractivity contribution in [3.63, 3.8) is 0 Å². The van der Waals surface area contributed by atoms with Crippen molar-refractivity contribution in [3.8, 4) is 5.69 Å². The van der Waals surface area contributed by atoms with Gasteiger partial charge in [-0.05, 0) is 73.7 Å². The van der Waals surface area contributed by atoms with E-state index < -0.39 is 0 Å². The Bertz CT molecular complexity index is 1450. The number of fused-ring (bicyclic) bond motifs is 1. The van der Waals surface area contributed by atoms with Gasteiger partial charge in [-0.2, -0.15) is 5.10 Å². The van der Waals surface area contributed by atoms with Gasteiger partial charge in [0.25, 0.3) is 0 Å². The third kappa shape index (κ3) is 4.39. The molecule has 0 bridgehead atoms. The number of aromatic nitrogens is 2. The fourth-order valence-electron chi connectivity index (χ4n) is 5.54. The average Bonchev–Trinajstić information content (AvgIpc) is 3.64. The average molecular weight is 497 g/mol. The molecule has 37 heavy (non-hydrogen) atoms. The predicted octanol–water partition coefficient (Wildman–Crippen LogP) is 5.04. The largest absolute Gasteiger partial charge is 0.350 e. The van der Waals surface area contributed by atoms with Crippen LogP contribution in [-0.2, 0) is 16.0 Å². The first-order valence-corrected chi connectivity index (χ1v) is 12.9. The second kappa shape index (κ2) is 9.47. The van der Waals surface area contributed by atoms with E-state index in [1.54, 1.807) is 23.0 Å². The molecule has 1 saturated carbocycles. The lowest BCUT2D eigenvalue weighted by Crippen LogP contribution is -2.47. The van der Waals surface area contributed by atoms with Gasteiger partial charge in [0.05, 0.1) is 35.4 Å². The first-order chi connectivity index (χ1) is 18.0. The summed E-state index contributed by atoms with van der Waals surface area (Å²) in [5, 5.41) is 8.65. The fourth-order valence-corrected chi connectivity index (χ4v) is 5.54. The molecule has 2 fully saturated rings. The van der Waals surface area contributed by atoms with Gasteiger partial charge in [0, 0.05) is 17.0 Å². The highest BCUT2D eigenvalue weighted by Gasteiger charge is 2.49. The molecule has 0 spiro atoms. The van der Waals surface area contributed by atoms with Crippen molar-refractivity contribution < 1.29 is 14.0 Å². The van der Waals surface area contributed by atoms with Crippen LogP contribution in [0.2, 0.25) is 0 Å². The lowest BCUT2D eigenvalue weighted by atomic mass is 9.90. The summed E-state index contributed by atoms with van der Waals surface area (Å²) in [5.41, 5.74) is 3.51. The molecular weight excluding hydrogens is 467 g/mol. The zero-order valence-corrected chi connectivity index (χ0v) is 20.7. The van der Waals surface area contributed by atoms with Gasteiger partial charge in [0.1, 0.15) is 5.82 Å². The lowest BCUT2D eigenvalue weighted by Gasteiger charge is -2.28. The molecule has 3 aromatic carbocycles. The van der Waals surface area contributed by atoms with Crippen molar-refractivity contribution in [2.75, 3.05) is 4.90 Å². The topological polar surface area (TPSA) is 67.2 Å². The van der Waals surface area contributed by atoms with Gasteiger partial charge in [0.2, 0.25) is 11.8 Å². The van der Waals surface area contributed by atoms with E-state index in [1.807, 2.05) is 53.4 Å². The minimum Gasteiger partial charge on any atom is -0.350 e. The molecule has 4 aromatic rings. The molecule has 188 valence electrons. The molecular formula is C30H29FN4O2. The van der Waals surface area contributed by atoms with Crippen LogP contribution >= 0.6 is 0 Å². The minimum atomic E-state index is -0.340. The number of halogens is 1. The van der Waals surface area contributed by atoms with E-state index in [4.69, 9.17) is 0 Å². The molecule has 2 amide bonds. The smallest absolute Gasteiger partial charge is 0.232 e. The predicted molar refractivity (Wildman–Crippen MR) is 141 cm³/mol. The van der Waals surface area contributed by atoms with E-state index in [1.165, 1.54) is 12.1 Å². The summed E-state index contributed by atoms with van der Waals surface area (Å²) < 4.78 is 15.2. The Labute approximate surface area is 215 Å². The van der Waals surface area contributed by atoms with Gasteiger partial charge in [-0.3, -0.25) is 9.59 Å². The third-order valence-electron chi connectivity index (χ3n) is 7.61. The second-order valence-corrected chi connectivity index (χ2v) is 10.1. The molecule has 2 unspecified atom stereocenters. The normalized spacial score (nSPS) is 21.5. The summed E-state index contributed by atoms with van der Waals surface area (Å²) in [4.78, 5) is 28.7. The van der Waals surface area contributed by atoms with Gasteiger partial charge in [0.15, 0.2) is 0 Å². The van der Waals surface area contributed by atoms with Crippen molar-refractivity contribution in [2.45, 2.75) is 44.7 Å². The minimum absolute atomic E-state index is 0.0297. The zero-order valence-electron chi connectivity index (χ0n) is 20.7. The molecule has 2 heterocycles. The molecule has 1 saturated heterocycles. The zero-order chi connectivity index (χ0) is 25.5. The number of hydrogen-bond donors (Lipinski definition) is 1. The van der Waals surface area contributed by atoms with E-state index in [-0.39, 0.29) is 41.6 Å². The van der Waals surface area contributed by atoms with Gasteiger partial charge in [-0.1, -0.05) is 37.3 Å². The second-order valence-electron chi connectivity index (χ2n) is 10.1. The van der Waals surface area contributed by atoms with Crippen LogP contribution < -0.4 is 10.2 Å². The van der Waals surface area contributed by atoms with Crippen LogP contribution in [0.3, 0.4) is 0 Å². The highest BCUT2D eigenvalue weighted by molar-refractivity contribution is 6.01. The number of amides is 2. The van der Waals surface area contributed by atoms with Crippen LogP contribution in [0.25, 0.3) is 16.6 Å². The van der Waals surface area contributed by atoms with Gasteiger partial charge < -0.3 is 10.2 Å². The number of anilines is 1. The maximum atomic E-state index is 14.0. The molecule has 1 aromatic heterocycles. The number of carbonyl (C=O) groups is 2. The van der Waals surface area contributed by atoms with Crippen molar-refractivity contribution >= 4 is 28.4 Å². The van der Waals surface area contributed by atoms with E-state index in [2.05, 4.69) is 17.3 Å². The quantitative estimate of drug-likeness (QED) is 0.390. The van der Waals surface area contributed by atoms with E-state index in [0.717, 1.165) is 47.1 Å². The molecule has 1 N–H and O–H groups in total. The van der Waals surface area contributed by atoms with E-state index in [9.17, 15) is 14.0 Å². The SMILES string of the molecule is CCC1[C@@H](NC(=O)C2CC2)C(Cc2ccccc2)C(=O)N1c1ccc2c(cnn2-c2ccc(F)cc2)c1. The number of rotatable bonds is 7. The Kier molecular flexibility index (Phi) is 5.99. The summed E-state index contributed by atoms with van der Waals surface area (Å²) in [5.74, 6) is -0.469. The molecule has 0 radical (unpaired) electrons. The Morgan fingerprint density at radius 3 is 2.46 bits per heavy atom. The maximum absolute atomic E-state index is 14.0. The van der Waals surface area contributed by atoms with Gasteiger partial charge in [-0.15, -0.1) is 0 Å². The summed E-state index contributed by atoms with van der Waals surface area (Å²) in [6.45, 7) is 2.07. The number of carbonyl (C=O) groups excluding carboxylic acids is 2. The number of nitrogens with one attached hydrogen (secondary N) is 1. The Morgan fingerprint density at radius 2 is 1.76 bits per heavy atom. The summed E-state index contributed by atoms with van der Waals surface area (Å²) >= 11 is 0. The number of hydrogen-bond acceptors (Lipinski definition) is 3. The van der Waals surface area contributed by atoms with Crippen LogP contribution in [0.4, 0.5) is 10.1 Å². The maximum Gasteiger partial charge on any atom is 0.232 e. The van der Waals surface area contributed by atoms with Crippen molar-refractivity contribution in [3.05, 3.63) is 90.4 Å². The molecule has 6 rings (SSSR count).